The maximum atomic E-state index is 5.84. The predicted octanol–water partition coefficient (Wildman–Crippen LogP) is 2.31. The monoisotopic (exact) mass is 229 g/mol. The maximum absolute atomic E-state index is 5.84. The minimum Gasteiger partial charge on any atom is -0.493 e. The van der Waals surface area contributed by atoms with Crippen molar-refractivity contribution in [3.05, 3.63) is 36.4 Å². The van der Waals surface area contributed by atoms with E-state index in [1.54, 1.807) is 20.3 Å². The lowest BCUT2D eigenvalue weighted by Crippen LogP contribution is -2.08. The standard InChI is InChI=1S/C11H15NO2.ClH/c1-4-9(12)8-6-5-7-10(13-2)11(8)14-3;/h4-7,9H,1,12H2,2-3H3;1H/t9-;/m0./s1. The molecule has 0 spiro atoms. The molecule has 0 aliphatic rings. The second-order valence-corrected chi connectivity index (χ2v) is 2.84. The highest BCUT2D eigenvalue weighted by molar-refractivity contribution is 5.85. The largest absolute Gasteiger partial charge is 0.493 e. The van der Waals surface area contributed by atoms with Crippen LogP contribution in [-0.4, -0.2) is 14.2 Å². The highest BCUT2D eigenvalue weighted by Crippen LogP contribution is 2.33. The van der Waals surface area contributed by atoms with Gasteiger partial charge in [-0.3, -0.25) is 0 Å². The first kappa shape index (κ1) is 13.8. The lowest BCUT2D eigenvalue weighted by molar-refractivity contribution is 0.351. The molecule has 1 aromatic rings. The molecule has 0 amide bonds. The fourth-order valence-corrected chi connectivity index (χ4v) is 1.30. The van der Waals surface area contributed by atoms with E-state index >= 15 is 0 Å². The van der Waals surface area contributed by atoms with Gasteiger partial charge in [0.15, 0.2) is 11.5 Å². The SMILES string of the molecule is C=C[C@H](N)c1cccc(OC)c1OC.Cl. The number of methoxy groups -OCH3 is 2. The summed E-state index contributed by atoms with van der Waals surface area (Å²) in [6, 6.07) is 5.37. The van der Waals surface area contributed by atoms with Gasteiger partial charge in [0.25, 0.3) is 0 Å². The normalized spacial score (nSPS) is 11.1. The summed E-state index contributed by atoms with van der Waals surface area (Å²) < 4.78 is 10.4. The Kier molecular flexibility index (Phi) is 5.82. The summed E-state index contributed by atoms with van der Waals surface area (Å²) in [5.41, 5.74) is 6.72. The van der Waals surface area contributed by atoms with E-state index in [0.29, 0.717) is 11.5 Å². The first-order valence-electron chi connectivity index (χ1n) is 4.33. The molecule has 1 atom stereocenters. The first-order chi connectivity index (χ1) is 6.74. The molecule has 0 aliphatic carbocycles. The summed E-state index contributed by atoms with van der Waals surface area (Å²) in [5.74, 6) is 1.35. The Bertz CT molecular complexity index is 328. The van der Waals surface area contributed by atoms with E-state index < -0.39 is 0 Å². The highest BCUT2D eigenvalue weighted by Gasteiger charge is 2.12. The van der Waals surface area contributed by atoms with Gasteiger partial charge < -0.3 is 15.2 Å². The molecule has 0 heterocycles. The number of benzene rings is 1. The third-order valence-electron chi connectivity index (χ3n) is 2.05. The Hall–Kier alpha value is -1.19. The zero-order valence-electron chi connectivity index (χ0n) is 8.90. The molecule has 1 rings (SSSR count). The van der Waals surface area contributed by atoms with Crippen LogP contribution in [0.2, 0.25) is 0 Å². The fraction of sp³-hybridized carbons (Fsp3) is 0.273. The van der Waals surface area contributed by atoms with E-state index in [0.717, 1.165) is 5.56 Å². The van der Waals surface area contributed by atoms with Crippen LogP contribution in [0, 0.1) is 0 Å². The molecule has 0 bridgehead atoms. The van der Waals surface area contributed by atoms with Gasteiger partial charge >= 0.3 is 0 Å². The van der Waals surface area contributed by atoms with Gasteiger partial charge in [0.1, 0.15) is 0 Å². The second-order valence-electron chi connectivity index (χ2n) is 2.84. The summed E-state index contributed by atoms with van der Waals surface area (Å²) in [5, 5.41) is 0. The van der Waals surface area contributed by atoms with Crippen LogP contribution >= 0.6 is 12.4 Å². The van der Waals surface area contributed by atoms with E-state index in [4.69, 9.17) is 15.2 Å². The van der Waals surface area contributed by atoms with Crippen molar-refractivity contribution >= 4 is 12.4 Å². The van der Waals surface area contributed by atoms with Crippen LogP contribution in [0.3, 0.4) is 0 Å². The third-order valence-corrected chi connectivity index (χ3v) is 2.05. The maximum Gasteiger partial charge on any atom is 0.165 e. The minimum atomic E-state index is -0.236. The number of ether oxygens (including phenoxy) is 2. The van der Waals surface area contributed by atoms with Crippen molar-refractivity contribution in [1.29, 1.82) is 0 Å². The van der Waals surface area contributed by atoms with E-state index in [1.807, 2.05) is 18.2 Å². The average Bonchev–Trinajstić information content (AvgIpc) is 2.26. The van der Waals surface area contributed by atoms with Crippen molar-refractivity contribution < 1.29 is 9.47 Å². The molecule has 0 saturated carbocycles. The van der Waals surface area contributed by atoms with Crippen LogP contribution in [0.4, 0.5) is 0 Å². The summed E-state index contributed by atoms with van der Waals surface area (Å²) in [6.07, 6.45) is 1.66. The lowest BCUT2D eigenvalue weighted by atomic mass is 10.1. The Balaban J connectivity index is 0.00000196. The number of nitrogens with two attached hydrogens (primary N) is 1. The average molecular weight is 230 g/mol. The molecule has 2 N–H and O–H groups in total. The summed E-state index contributed by atoms with van der Waals surface area (Å²) in [6.45, 7) is 3.65. The van der Waals surface area contributed by atoms with E-state index in [1.165, 1.54) is 0 Å². The molecular formula is C11H16ClNO2. The Labute approximate surface area is 96.3 Å². The molecule has 0 aromatic heterocycles. The topological polar surface area (TPSA) is 44.5 Å². The predicted molar refractivity (Wildman–Crippen MR) is 63.9 cm³/mol. The van der Waals surface area contributed by atoms with Gasteiger partial charge in [0, 0.05) is 5.56 Å². The van der Waals surface area contributed by atoms with E-state index in [2.05, 4.69) is 6.58 Å². The van der Waals surface area contributed by atoms with Gasteiger partial charge in [0.05, 0.1) is 20.3 Å². The molecular weight excluding hydrogens is 214 g/mol. The number of hydrogen-bond acceptors (Lipinski definition) is 3. The van der Waals surface area contributed by atoms with Crippen LogP contribution in [0.5, 0.6) is 11.5 Å². The molecule has 0 saturated heterocycles. The van der Waals surface area contributed by atoms with E-state index in [-0.39, 0.29) is 18.4 Å². The van der Waals surface area contributed by atoms with Crippen molar-refractivity contribution in [2.24, 2.45) is 5.73 Å². The number of rotatable bonds is 4. The first-order valence-corrected chi connectivity index (χ1v) is 4.33. The Morgan fingerprint density at radius 2 is 2.00 bits per heavy atom. The molecule has 1 aromatic carbocycles. The number of halogens is 1. The molecule has 0 fully saturated rings. The van der Waals surface area contributed by atoms with Gasteiger partial charge in [-0.2, -0.15) is 0 Å². The molecule has 0 aliphatic heterocycles. The van der Waals surface area contributed by atoms with Crippen LogP contribution in [0.15, 0.2) is 30.9 Å². The molecule has 3 nitrogen and oxygen atoms in total. The summed E-state index contributed by atoms with van der Waals surface area (Å²) in [4.78, 5) is 0. The molecule has 4 heteroatoms. The van der Waals surface area contributed by atoms with Crippen molar-refractivity contribution in [3.63, 3.8) is 0 Å². The second kappa shape index (κ2) is 6.32. The van der Waals surface area contributed by atoms with Gasteiger partial charge in [-0.05, 0) is 6.07 Å². The summed E-state index contributed by atoms with van der Waals surface area (Å²) in [7, 11) is 3.19. The quantitative estimate of drug-likeness (QED) is 0.806. The fourth-order valence-electron chi connectivity index (χ4n) is 1.30. The Morgan fingerprint density at radius 3 is 2.47 bits per heavy atom. The van der Waals surface area contributed by atoms with Gasteiger partial charge in [-0.25, -0.2) is 0 Å². The zero-order valence-corrected chi connectivity index (χ0v) is 9.71. The Morgan fingerprint density at radius 1 is 1.33 bits per heavy atom. The zero-order chi connectivity index (χ0) is 10.6. The van der Waals surface area contributed by atoms with Crippen LogP contribution < -0.4 is 15.2 Å². The molecule has 84 valence electrons. The molecule has 0 unspecified atom stereocenters. The highest BCUT2D eigenvalue weighted by atomic mass is 35.5. The van der Waals surface area contributed by atoms with Crippen molar-refractivity contribution in [2.45, 2.75) is 6.04 Å². The van der Waals surface area contributed by atoms with Crippen LogP contribution in [0.25, 0.3) is 0 Å². The number of para-hydroxylation sites is 1. The van der Waals surface area contributed by atoms with Gasteiger partial charge in [0.2, 0.25) is 0 Å². The summed E-state index contributed by atoms with van der Waals surface area (Å²) >= 11 is 0. The van der Waals surface area contributed by atoms with Crippen molar-refractivity contribution in [2.75, 3.05) is 14.2 Å². The minimum absolute atomic E-state index is 0. The van der Waals surface area contributed by atoms with Crippen LogP contribution in [-0.2, 0) is 0 Å². The van der Waals surface area contributed by atoms with Gasteiger partial charge in [-0.1, -0.05) is 18.2 Å². The molecule has 0 radical (unpaired) electrons. The number of hydrogen-bond donors (Lipinski definition) is 1. The van der Waals surface area contributed by atoms with Crippen LogP contribution in [0.1, 0.15) is 11.6 Å². The third kappa shape index (κ3) is 2.88. The van der Waals surface area contributed by atoms with E-state index in [9.17, 15) is 0 Å². The lowest BCUT2D eigenvalue weighted by Gasteiger charge is -2.14. The van der Waals surface area contributed by atoms with Crippen molar-refractivity contribution in [3.8, 4) is 11.5 Å². The smallest absolute Gasteiger partial charge is 0.165 e. The van der Waals surface area contributed by atoms with Crippen molar-refractivity contribution in [1.82, 2.24) is 0 Å². The molecule has 15 heavy (non-hydrogen) atoms. The van der Waals surface area contributed by atoms with Gasteiger partial charge in [-0.15, -0.1) is 19.0 Å².